The number of rotatable bonds is 4. The van der Waals surface area contributed by atoms with Crippen molar-refractivity contribution in [2.24, 2.45) is 10.1 Å². The molecule has 1 aliphatic rings. The molecule has 0 bridgehead atoms. The molecule has 3 rings (SSSR count). The Morgan fingerprint density at radius 3 is 2.32 bits per heavy atom. The summed E-state index contributed by atoms with van der Waals surface area (Å²) < 4.78 is 22.8. The minimum Gasteiger partial charge on any atom is -0.359 e. The van der Waals surface area contributed by atoms with E-state index in [0.29, 0.717) is 16.5 Å². The molecule has 0 amide bonds. The first-order chi connectivity index (χ1) is 11.7. The number of aliphatic imine (C=N–C) groups is 1. The number of amidine groups is 1. The van der Waals surface area contributed by atoms with Crippen molar-refractivity contribution in [3.63, 3.8) is 0 Å². The van der Waals surface area contributed by atoms with Gasteiger partial charge in [0.05, 0.1) is 11.4 Å². The molecule has 0 aliphatic carbocycles. The van der Waals surface area contributed by atoms with E-state index in [-0.39, 0.29) is 11.4 Å². The van der Waals surface area contributed by atoms with Gasteiger partial charge >= 0.3 is 0 Å². The number of hydrogen-bond donors (Lipinski definition) is 2. The third kappa shape index (κ3) is 3.83. The van der Waals surface area contributed by atoms with Gasteiger partial charge in [-0.15, -0.1) is 11.8 Å². The quantitative estimate of drug-likeness (QED) is 0.771. The summed E-state index contributed by atoms with van der Waals surface area (Å²) in [5.41, 5.74) is 1.50. The zero-order valence-corrected chi connectivity index (χ0v) is 15.6. The van der Waals surface area contributed by atoms with E-state index in [1.807, 2.05) is 17.0 Å². The third-order valence-corrected chi connectivity index (χ3v) is 5.86. The lowest BCUT2D eigenvalue weighted by molar-refractivity contribution is 0.166. The summed E-state index contributed by atoms with van der Waals surface area (Å²) in [5.74, 6) is 0.580. The highest BCUT2D eigenvalue weighted by atomic mass is 35.5. The summed E-state index contributed by atoms with van der Waals surface area (Å²) in [6, 6.07) is 13.3. The van der Waals surface area contributed by atoms with Crippen LogP contribution in [-0.4, -0.2) is 37.2 Å². The average molecular weight is 398 g/mol. The zero-order valence-electron chi connectivity index (χ0n) is 13.3. The lowest BCUT2D eigenvalue weighted by Gasteiger charge is -2.23. The van der Waals surface area contributed by atoms with E-state index in [1.165, 1.54) is 23.9 Å². The van der Waals surface area contributed by atoms with Crippen LogP contribution in [0.5, 0.6) is 0 Å². The van der Waals surface area contributed by atoms with Crippen LogP contribution in [0.4, 0.5) is 5.69 Å². The summed E-state index contributed by atoms with van der Waals surface area (Å²) in [6.07, 6.45) is 1.77. The highest BCUT2D eigenvalue weighted by Gasteiger charge is 2.38. The first-order valence-electron chi connectivity index (χ1n) is 7.26. The summed E-state index contributed by atoms with van der Waals surface area (Å²) in [4.78, 5) is 6.30. The van der Waals surface area contributed by atoms with Gasteiger partial charge in [-0.05, 0) is 54.8 Å². The molecule has 0 aromatic heterocycles. The monoisotopic (exact) mass is 397 g/mol. The number of primary sulfonamides is 1. The van der Waals surface area contributed by atoms with Crippen molar-refractivity contribution >= 4 is 44.9 Å². The lowest BCUT2D eigenvalue weighted by Crippen LogP contribution is -2.34. The molecule has 6 nitrogen and oxygen atoms in total. The van der Waals surface area contributed by atoms with Crippen LogP contribution in [0.1, 0.15) is 5.56 Å². The number of halogens is 1. The number of hydrogen-bond acceptors (Lipinski definition) is 6. The fraction of sp³-hybridized carbons (Fsp3) is 0.188. The highest BCUT2D eigenvalue weighted by molar-refractivity contribution is 7.99. The van der Waals surface area contributed by atoms with Crippen molar-refractivity contribution in [1.29, 1.82) is 0 Å². The molecule has 1 atom stereocenters. The Morgan fingerprint density at radius 1 is 1.20 bits per heavy atom. The Morgan fingerprint density at radius 2 is 1.80 bits per heavy atom. The Kier molecular flexibility index (Phi) is 4.82. The van der Waals surface area contributed by atoms with Gasteiger partial charge < -0.3 is 10.0 Å². The third-order valence-electron chi connectivity index (χ3n) is 3.81. The van der Waals surface area contributed by atoms with Crippen LogP contribution in [0.15, 0.2) is 58.4 Å². The molecule has 0 fully saturated rings. The molecule has 0 spiro atoms. The molecular formula is C16H16ClN3O3S2. The molecule has 2 aromatic carbocycles. The van der Waals surface area contributed by atoms with Crippen LogP contribution in [0, 0.1) is 0 Å². The van der Waals surface area contributed by atoms with Crippen molar-refractivity contribution in [3.05, 3.63) is 59.1 Å². The van der Waals surface area contributed by atoms with Crippen molar-refractivity contribution in [2.75, 3.05) is 17.7 Å². The van der Waals surface area contributed by atoms with E-state index < -0.39 is 15.1 Å². The second-order valence-electron chi connectivity index (χ2n) is 5.51. The van der Waals surface area contributed by atoms with E-state index in [4.69, 9.17) is 16.7 Å². The molecule has 0 radical (unpaired) electrons. The van der Waals surface area contributed by atoms with Gasteiger partial charge in [0.1, 0.15) is 5.84 Å². The van der Waals surface area contributed by atoms with Crippen LogP contribution >= 0.6 is 23.4 Å². The molecule has 3 N–H and O–H groups in total. The molecule has 132 valence electrons. The predicted molar refractivity (Wildman–Crippen MR) is 102 cm³/mol. The Bertz CT molecular complexity index is 915. The maximum absolute atomic E-state index is 11.4. The van der Waals surface area contributed by atoms with Gasteiger partial charge in [0, 0.05) is 16.3 Å². The minimum atomic E-state index is -3.76. The fourth-order valence-electron chi connectivity index (χ4n) is 2.50. The Hall–Kier alpha value is -1.58. The van der Waals surface area contributed by atoms with Crippen LogP contribution in [0.3, 0.4) is 0 Å². The van der Waals surface area contributed by atoms with Crippen molar-refractivity contribution in [2.45, 2.75) is 9.95 Å². The van der Waals surface area contributed by atoms with Crippen molar-refractivity contribution in [3.8, 4) is 0 Å². The number of anilines is 1. The maximum atomic E-state index is 11.4. The lowest BCUT2D eigenvalue weighted by atomic mass is 10.2. The van der Waals surface area contributed by atoms with Crippen molar-refractivity contribution < 1.29 is 13.5 Å². The van der Waals surface area contributed by atoms with E-state index >= 15 is 0 Å². The van der Waals surface area contributed by atoms with E-state index in [1.54, 1.807) is 30.5 Å². The van der Waals surface area contributed by atoms with Gasteiger partial charge in [-0.25, -0.2) is 18.5 Å². The molecular weight excluding hydrogens is 382 g/mol. The summed E-state index contributed by atoms with van der Waals surface area (Å²) >= 11 is 7.17. The Balaban J connectivity index is 2.02. The Labute approximate surface area is 155 Å². The van der Waals surface area contributed by atoms with Gasteiger partial charge in [0.2, 0.25) is 15.1 Å². The number of aliphatic hydroxyl groups is 1. The number of sulfonamides is 1. The summed E-state index contributed by atoms with van der Waals surface area (Å²) in [5, 5.41) is 15.0. The van der Waals surface area contributed by atoms with Gasteiger partial charge in [-0.3, -0.25) is 0 Å². The summed E-state index contributed by atoms with van der Waals surface area (Å²) in [6.45, 7) is 0.237. The van der Waals surface area contributed by atoms with Crippen LogP contribution in [0.25, 0.3) is 0 Å². The van der Waals surface area contributed by atoms with E-state index in [0.717, 1.165) is 5.56 Å². The molecule has 1 heterocycles. The molecule has 25 heavy (non-hydrogen) atoms. The number of nitrogens with two attached hydrogens (primary N) is 1. The maximum Gasteiger partial charge on any atom is 0.238 e. The number of nitrogens with zero attached hydrogens (tertiary/aromatic N) is 2. The SMILES string of the molecule is CSC1(O)CN(c2ccc(S(N)(=O)=O)cc2)C(c2ccc(Cl)cc2)=N1. The first-order valence-corrected chi connectivity index (χ1v) is 10.4. The molecule has 9 heteroatoms. The van der Waals surface area contributed by atoms with Crippen LogP contribution < -0.4 is 10.0 Å². The van der Waals surface area contributed by atoms with E-state index in [2.05, 4.69) is 4.99 Å². The van der Waals surface area contributed by atoms with Gasteiger partial charge in [0.25, 0.3) is 0 Å². The standard InChI is InChI=1S/C16H16ClN3O3S2/c1-24-16(21)10-20(13-6-8-14(9-7-13)25(18,22)23)15(19-16)11-2-4-12(17)5-3-11/h2-9,21H,10H2,1H3,(H2,18,22,23). The van der Waals surface area contributed by atoms with Crippen LogP contribution in [-0.2, 0) is 10.0 Å². The van der Waals surface area contributed by atoms with Crippen molar-refractivity contribution in [1.82, 2.24) is 0 Å². The molecule has 0 saturated carbocycles. The zero-order chi connectivity index (χ0) is 18.2. The minimum absolute atomic E-state index is 0.0283. The molecule has 2 aromatic rings. The van der Waals surface area contributed by atoms with E-state index in [9.17, 15) is 13.5 Å². The largest absolute Gasteiger partial charge is 0.359 e. The number of β-amino-alcohol motifs (C(OH)–C–C–N with tert-alkyl or cyclic N) is 1. The second kappa shape index (κ2) is 6.62. The predicted octanol–water partition coefficient (Wildman–Crippen LogP) is 2.26. The summed E-state index contributed by atoms with van der Waals surface area (Å²) in [7, 11) is -3.76. The smallest absolute Gasteiger partial charge is 0.238 e. The van der Waals surface area contributed by atoms with Crippen LogP contribution in [0.2, 0.25) is 5.02 Å². The molecule has 1 unspecified atom stereocenters. The van der Waals surface area contributed by atoms with Gasteiger partial charge in [-0.1, -0.05) is 11.6 Å². The topological polar surface area (TPSA) is 96.0 Å². The van der Waals surface area contributed by atoms with Gasteiger partial charge in [-0.2, -0.15) is 0 Å². The molecule has 1 aliphatic heterocycles. The fourth-order valence-corrected chi connectivity index (χ4v) is 3.58. The molecule has 0 saturated heterocycles. The van der Waals surface area contributed by atoms with Gasteiger partial charge in [0.15, 0.2) is 0 Å². The number of benzene rings is 2. The first kappa shape index (κ1) is 18.2. The highest BCUT2D eigenvalue weighted by Crippen LogP contribution is 2.34. The second-order valence-corrected chi connectivity index (χ2v) is 8.57. The average Bonchev–Trinajstić information content (AvgIpc) is 2.94. The normalized spacial score (nSPS) is 20.6. The number of thioether (sulfide) groups is 1.